The summed E-state index contributed by atoms with van der Waals surface area (Å²) in [7, 11) is 0. The zero-order valence-electron chi connectivity index (χ0n) is 8.42. The fraction of sp³-hybridized carbons (Fsp3) is 0.545. The maximum Gasteiger partial charge on any atom is 0.116 e. The third-order valence-corrected chi connectivity index (χ3v) is 3.31. The number of hydrogen-bond acceptors (Lipinski definition) is 2. The second-order valence-electron chi connectivity index (χ2n) is 4.34. The average molecular weight is 273 g/mol. The van der Waals surface area contributed by atoms with Gasteiger partial charge in [0.2, 0.25) is 0 Å². The summed E-state index contributed by atoms with van der Waals surface area (Å²) in [6, 6.07) is 1.94. The van der Waals surface area contributed by atoms with Crippen molar-refractivity contribution < 1.29 is 4.39 Å². The molecule has 0 radical (unpaired) electrons. The van der Waals surface area contributed by atoms with Gasteiger partial charge in [-0.3, -0.25) is 4.98 Å². The molecule has 2 unspecified atom stereocenters. The van der Waals surface area contributed by atoms with Crippen LogP contribution in [0.2, 0.25) is 0 Å². The minimum absolute atomic E-state index is 0.0233. The number of rotatable bonds is 2. The summed E-state index contributed by atoms with van der Waals surface area (Å²) in [5, 5.41) is 0. The van der Waals surface area contributed by atoms with E-state index in [2.05, 4.69) is 20.9 Å². The largest absolute Gasteiger partial charge is 0.328 e. The summed E-state index contributed by atoms with van der Waals surface area (Å²) in [6.45, 7) is 0. The van der Waals surface area contributed by atoms with Crippen molar-refractivity contribution in [3.8, 4) is 0 Å². The Bertz CT molecular complexity index is 358. The van der Waals surface area contributed by atoms with E-state index in [1.54, 1.807) is 12.4 Å². The fourth-order valence-corrected chi connectivity index (χ4v) is 2.61. The van der Waals surface area contributed by atoms with Crippen molar-refractivity contribution in [3.05, 3.63) is 28.5 Å². The van der Waals surface area contributed by atoms with Crippen molar-refractivity contribution in [1.29, 1.82) is 0 Å². The van der Waals surface area contributed by atoms with Gasteiger partial charge in [0.1, 0.15) is 5.67 Å². The van der Waals surface area contributed by atoms with Crippen molar-refractivity contribution in [3.63, 3.8) is 0 Å². The molecule has 1 heterocycles. The van der Waals surface area contributed by atoms with Gasteiger partial charge in [0, 0.05) is 29.3 Å². The first-order valence-electron chi connectivity index (χ1n) is 5.11. The molecule has 0 aromatic carbocycles. The SMILES string of the molecule is NC1CCC(F)(Cc2cncc(Br)c2)C1. The molecule has 15 heavy (non-hydrogen) atoms. The quantitative estimate of drug-likeness (QED) is 0.899. The zero-order chi connectivity index (χ0) is 10.9. The standard InChI is InChI=1S/C11H14BrFN2/c12-9-3-8(6-15-7-9)4-11(13)2-1-10(14)5-11/h3,6-7,10H,1-2,4-5,14H2. The van der Waals surface area contributed by atoms with Crippen LogP contribution in [0.1, 0.15) is 24.8 Å². The molecule has 2 rings (SSSR count). The Kier molecular flexibility index (Phi) is 3.07. The maximum absolute atomic E-state index is 14.3. The molecule has 2 atom stereocenters. The fourth-order valence-electron chi connectivity index (χ4n) is 2.20. The Balaban J connectivity index is 2.08. The Labute approximate surface area is 97.2 Å². The maximum atomic E-state index is 14.3. The van der Waals surface area contributed by atoms with Crippen LogP contribution in [0, 0.1) is 0 Å². The van der Waals surface area contributed by atoms with Crippen molar-refractivity contribution in [1.82, 2.24) is 4.98 Å². The first kappa shape index (κ1) is 11.0. The molecule has 2 N–H and O–H groups in total. The van der Waals surface area contributed by atoms with Crippen LogP contribution in [0.5, 0.6) is 0 Å². The van der Waals surface area contributed by atoms with Crippen LogP contribution in [-0.4, -0.2) is 16.7 Å². The van der Waals surface area contributed by atoms with Crippen LogP contribution in [0.3, 0.4) is 0 Å². The van der Waals surface area contributed by atoms with Gasteiger partial charge in [-0.1, -0.05) is 0 Å². The van der Waals surface area contributed by atoms with E-state index in [-0.39, 0.29) is 6.04 Å². The Hall–Kier alpha value is -0.480. The van der Waals surface area contributed by atoms with E-state index in [1.807, 2.05) is 6.07 Å². The van der Waals surface area contributed by atoms with Crippen molar-refractivity contribution >= 4 is 15.9 Å². The topological polar surface area (TPSA) is 38.9 Å². The lowest BCUT2D eigenvalue weighted by Crippen LogP contribution is -2.25. The monoisotopic (exact) mass is 272 g/mol. The lowest BCUT2D eigenvalue weighted by Gasteiger charge is -2.19. The number of alkyl halides is 1. The molecule has 1 aliphatic carbocycles. The van der Waals surface area contributed by atoms with Crippen molar-refractivity contribution in [2.45, 2.75) is 37.4 Å². The van der Waals surface area contributed by atoms with Crippen LogP contribution in [0.25, 0.3) is 0 Å². The molecule has 1 aromatic heterocycles. The summed E-state index contributed by atoms with van der Waals surface area (Å²) in [4.78, 5) is 4.03. The van der Waals surface area contributed by atoms with Gasteiger partial charge in [-0.15, -0.1) is 0 Å². The summed E-state index contributed by atoms with van der Waals surface area (Å²) < 4.78 is 15.2. The van der Waals surface area contributed by atoms with E-state index in [9.17, 15) is 4.39 Å². The predicted octanol–water partition coefficient (Wildman–Crippen LogP) is 2.61. The van der Waals surface area contributed by atoms with Gasteiger partial charge in [0.05, 0.1) is 0 Å². The predicted molar refractivity (Wildman–Crippen MR) is 61.3 cm³/mol. The number of hydrogen-bond donors (Lipinski definition) is 1. The summed E-state index contributed by atoms with van der Waals surface area (Å²) in [5.41, 5.74) is 5.54. The van der Waals surface area contributed by atoms with Gasteiger partial charge in [-0.05, 0) is 46.8 Å². The third-order valence-electron chi connectivity index (χ3n) is 2.87. The number of nitrogens with two attached hydrogens (primary N) is 1. The van der Waals surface area contributed by atoms with Gasteiger partial charge in [0.15, 0.2) is 0 Å². The Morgan fingerprint density at radius 2 is 2.40 bits per heavy atom. The smallest absolute Gasteiger partial charge is 0.116 e. The zero-order valence-corrected chi connectivity index (χ0v) is 10.0. The van der Waals surface area contributed by atoms with E-state index < -0.39 is 5.67 Å². The lowest BCUT2D eigenvalue weighted by atomic mass is 9.95. The van der Waals surface area contributed by atoms with Crippen LogP contribution in [0.15, 0.2) is 22.9 Å². The van der Waals surface area contributed by atoms with Crippen molar-refractivity contribution in [2.24, 2.45) is 5.73 Å². The van der Waals surface area contributed by atoms with E-state index in [0.29, 0.717) is 19.3 Å². The van der Waals surface area contributed by atoms with Gasteiger partial charge >= 0.3 is 0 Å². The number of pyridine rings is 1. The van der Waals surface area contributed by atoms with Crippen molar-refractivity contribution in [2.75, 3.05) is 0 Å². The molecule has 1 aromatic rings. The van der Waals surface area contributed by atoms with Gasteiger partial charge < -0.3 is 5.73 Å². The molecule has 82 valence electrons. The summed E-state index contributed by atoms with van der Waals surface area (Å²) >= 11 is 3.33. The highest BCUT2D eigenvalue weighted by Crippen LogP contribution is 2.35. The van der Waals surface area contributed by atoms with E-state index in [0.717, 1.165) is 16.5 Å². The molecule has 0 aliphatic heterocycles. The van der Waals surface area contributed by atoms with E-state index in [4.69, 9.17) is 5.73 Å². The second kappa shape index (κ2) is 4.18. The first-order valence-corrected chi connectivity index (χ1v) is 5.91. The normalized spacial score (nSPS) is 30.7. The lowest BCUT2D eigenvalue weighted by molar-refractivity contribution is 0.170. The van der Waals surface area contributed by atoms with Gasteiger partial charge in [-0.2, -0.15) is 0 Å². The summed E-state index contributed by atoms with van der Waals surface area (Å²) in [6.07, 6.45) is 5.68. The number of nitrogens with zero attached hydrogens (tertiary/aromatic N) is 1. The molecule has 1 aliphatic rings. The molecular formula is C11H14BrFN2. The Morgan fingerprint density at radius 1 is 1.60 bits per heavy atom. The molecule has 0 spiro atoms. The first-order chi connectivity index (χ1) is 7.07. The molecule has 1 fully saturated rings. The number of halogens is 2. The summed E-state index contributed by atoms with van der Waals surface area (Å²) in [5.74, 6) is 0. The van der Waals surface area contributed by atoms with Crippen LogP contribution in [-0.2, 0) is 6.42 Å². The number of aromatic nitrogens is 1. The Morgan fingerprint density at radius 3 is 3.00 bits per heavy atom. The van der Waals surface area contributed by atoms with E-state index >= 15 is 0 Å². The highest BCUT2D eigenvalue weighted by Gasteiger charge is 2.37. The van der Waals surface area contributed by atoms with Gasteiger partial charge in [-0.25, -0.2) is 4.39 Å². The molecular weight excluding hydrogens is 259 g/mol. The molecule has 2 nitrogen and oxygen atoms in total. The second-order valence-corrected chi connectivity index (χ2v) is 5.26. The van der Waals surface area contributed by atoms with Crippen LogP contribution >= 0.6 is 15.9 Å². The minimum Gasteiger partial charge on any atom is -0.328 e. The minimum atomic E-state index is -1.12. The molecule has 0 amide bonds. The van der Waals surface area contributed by atoms with E-state index in [1.165, 1.54) is 0 Å². The van der Waals surface area contributed by atoms with Crippen LogP contribution < -0.4 is 5.73 Å². The third kappa shape index (κ3) is 2.75. The van der Waals surface area contributed by atoms with Crippen LogP contribution in [0.4, 0.5) is 4.39 Å². The molecule has 1 saturated carbocycles. The highest BCUT2D eigenvalue weighted by atomic mass is 79.9. The van der Waals surface area contributed by atoms with Gasteiger partial charge in [0.25, 0.3) is 0 Å². The molecule has 0 bridgehead atoms. The highest BCUT2D eigenvalue weighted by molar-refractivity contribution is 9.10. The average Bonchev–Trinajstić information content (AvgIpc) is 2.45. The molecule has 4 heteroatoms. The molecule has 0 saturated heterocycles.